The molecule has 202 valence electrons. The summed E-state index contributed by atoms with van der Waals surface area (Å²) in [4.78, 5) is 10.2. The Hall–Kier alpha value is -4.04. The molecule has 1 N–H and O–H groups in total. The molecule has 0 unspecified atom stereocenters. The van der Waals surface area contributed by atoms with Crippen LogP contribution in [0, 0.1) is 0 Å². The normalized spacial score (nSPS) is 12.6. The van der Waals surface area contributed by atoms with Crippen molar-refractivity contribution in [1.29, 1.82) is 0 Å². The molecule has 0 bridgehead atoms. The standard InChI is InChI=1S/C34H29BN2O3S/c1-33(2,38)34(3,4)40-35-22-15-17-26-25(19-22)23-16-14-21(18-27(23)39-26)32-36-29(20-10-6-5-7-11-20)31-30(37-32)24-12-8-9-13-28(24)41-31/h5-19,35,38H,1-4H3. The maximum absolute atomic E-state index is 10.5. The minimum absolute atomic E-state index is 0.391. The molecule has 7 rings (SSSR count). The molecule has 0 aliphatic rings. The van der Waals surface area contributed by atoms with Gasteiger partial charge in [-0.3, -0.25) is 0 Å². The first-order chi connectivity index (χ1) is 19.7. The van der Waals surface area contributed by atoms with Gasteiger partial charge in [-0.25, -0.2) is 9.97 Å². The Morgan fingerprint density at radius 3 is 2.34 bits per heavy atom. The van der Waals surface area contributed by atoms with Crippen LogP contribution in [0.1, 0.15) is 27.7 Å². The molecular formula is C34H29BN2O3S. The minimum atomic E-state index is -0.962. The predicted molar refractivity (Wildman–Crippen MR) is 171 cm³/mol. The second-order valence-corrected chi connectivity index (χ2v) is 12.6. The topological polar surface area (TPSA) is 68.4 Å². The van der Waals surface area contributed by atoms with Crippen molar-refractivity contribution in [3.63, 3.8) is 0 Å². The maximum atomic E-state index is 10.5. The number of benzene rings is 4. The van der Waals surface area contributed by atoms with Gasteiger partial charge in [-0.2, -0.15) is 0 Å². The zero-order valence-corrected chi connectivity index (χ0v) is 24.3. The fourth-order valence-electron chi connectivity index (χ4n) is 5.01. The molecule has 0 fully saturated rings. The van der Waals surface area contributed by atoms with Gasteiger partial charge in [0, 0.05) is 32.0 Å². The van der Waals surface area contributed by atoms with Crippen LogP contribution in [0.3, 0.4) is 0 Å². The van der Waals surface area contributed by atoms with Crippen molar-refractivity contribution in [2.45, 2.75) is 38.9 Å². The summed E-state index contributed by atoms with van der Waals surface area (Å²) in [6.07, 6.45) is 0. The monoisotopic (exact) mass is 556 g/mol. The van der Waals surface area contributed by atoms with Crippen molar-refractivity contribution in [2.24, 2.45) is 0 Å². The first-order valence-electron chi connectivity index (χ1n) is 13.7. The fraction of sp³-hybridized carbons (Fsp3) is 0.176. The van der Waals surface area contributed by atoms with Crippen molar-refractivity contribution in [3.8, 4) is 22.6 Å². The van der Waals surface area contributed by atoms with Crippen LogP contribution in [-0.4, -0.2) is 33.8 Å². The van der Waals surface area contributed by atoms with Gasteiger partial charge in [0.15, 0.2) is 5.82 Å². The quantitative estimate of drug-likeness (QED) is 0.214. The number of furan rings is 1. The Morgan fingerprint density at radius 2 is 1.54 bits per heavy atom. The average molecular weight is 556 g/mol. The van der Waals surface area contributed by atoms with E-state index in [2.05, 4.69) is 54.6 Å². The van der Waals surface area contributed by atoms with Crippen molar-refractivity contribution >= 4 is 66.5 Å². The lowest BCUT2D eigenvalue weighted by Gasteiger charge is -2.37. The van der Waals surface area contributed by atoms with Crippen molar-refractivity contribution in [1.82, 2.24) is 9.97 Å². The molecule has 5 nitrogen and oxygen atoms in total. The van der Waals surface area contributed by atoms with E-state index in [4.69, 9.17) is 19.0 Å². The number of fused-ring (bicyclic) bond motifs is 6. The predicted octanol–water partition coefficient (Wildman–Crippen LogP) is 7.62. The lowest BCUT2D eigenvalue weighted by Crippen LogP contribution is -2.49. The Kier molecular flexibility index (Phi) is 6.01. The second kappa shape index (κ2) is 9.52. The summed E-state index contributed by atoms with van der Waals surface area (Å²) >= 11 is 1.73. The Morgan fingerprint density at radius 1 is 0.756 bits per heavy atom. The van der Waals surface area contributed by atoms with E-state index in [0.717, 1.165) is 59.8 Å². The summed E-state index contributed by atoms with van der Waals surface area (Å²) < 4.78 is 14.7. The third-order valence-electron chi connectivity index (χ3n) is 8.13. The number of thiophene rings is 1. The summed E-state index contributed by atoms with van der Waals surface area (Å²) in [5.41, 5.74) is 4.85. The number of aliphatic hydroxyl groups is 1. The van der Waals surface area contributed by atoms with Gasteiger partial charge in [0.1, 0.15) is 11.2 Å². The van der Waals surface area contributed by atoms with Gasteiger partial charge in [-0.1, -0.05) is 72.2 Å². The van der Waals surface area contributed by atoms with Gasteiger partial charge in [0.2, 0.25) is 0 Å². The second-order valence-electron chi connectivity index (χ2n) is 11.5. The molecule has 41 heavy (non-hydrogen) atoms. The van der Waals surface area contributed by atoms with Gasteiger partial charge < -0.3 is 14.2 Å². The van der Waals surface area contributed by atoms with Crippen LogP contribution in [0.2, 0.25) is 0 Å². The van der Waals surface area contributed by atoms with E-state index in [1.807, 2.05) is 50.2 Å². The van der Waals surface area contributed by atoms with Crippen LogP contribution in [0.25, 0.3) is 64.9 Å². The Balaban J connectivity index is 1.32. The number of rotatable bonds is 6. The van der Waals surface area contributed by atoms with Crippen molar-refractivity contribution in [2.75, 3.05) is 0 Å². The van der Waals surface area contributed by atoms with Gasteiger partial charge in [-0.15, -0.1) is 11.3 Å². The highest BCUT2D eigenvalue weighted by atomic mass is 32.1. The van der Waals surface area contributed by atoms with E-state index in [1.54, 1.807) is 25.2 Å². The smallest absolute Gasteiger partial charge is 0.309 e. The zero-order valence-electron chi connectivity index (χ0n) is 23.4. The molecule has 0 aliphatic carbocycles. The summed E-state index contributed by atoms with van der Waals surface area (Å²) in [5.74, 6) is 0.671. The third kappa shape index (κ3) is 4.51. The highest BCUT2D eigenvalue weighted by Crippen LogP contribution is 2.40. The van der Waals surface area contributed by atoms with E-state index in [0.29, 0.717) is 13.3 Å². The Labute approximate surface area is 242 Å². The third-order valence-corrected chi connectivity index (χ3v) is 9.30. The molecule has 3 aromatic heterocycles. The van der Waals surface area contributed by atoms with Gasteiger partial charge >= 0.3 is 7.48 Å². The molecule has 0 radical (unpaired) electrons. The molecule has 0 aliphatic heterocycles. The highest BCUT2D eigenvalue weighted by Gasteiger charge is 2.35. The molecule has 0 atom stereocenters. The molecule has 0 saturated carbocycles. The number of nitrogens with zero attached hydrogens (tertiary/aromatic N) is 2. The summed E-state index contributed by atoms with van der Waals surface area (Å²) in [5, 5.41) is 13.6. The largest absolute Gasteiger partial charge is 0.456 e. The van der Waals surface area contributed by atoms with E-state index >= 15 is 0 Å². The lowest BCUT2D eigenvalue weighted by molar-refractivity contribution is -0.0893. The molecular weight excluding hydrogens is 527 g/mol. The fourth-order valence-corrected chi connectivity index (χ4v) is 6.16. The van der Waals surface area contributed by atoms with Gasteiger partial charge in [0.05, 0.1) is 27.1 Å². The Bertz CT molecular complexity index is 2070. The molecule has 4 aromatic carbocycles. The first-order valence-corrected chi connectivity index (χ1v) is 14.6. The number of hydrogen-bond donors (Lipinski definition) is 1. The lowest BCUT2D eigenvalue weighted by atomic mass is 9.82. The van der Waals surface area contributed by atoms with E-state index in [-0.39, 0.29) is 0 Å². The molecule has 0 amide bonds. The first kappa shape index (κ1) is 25.9. The number of hydrogen-bond acceptors (Lipinski definition) is 6. The van der Waals surface area contributed by atoms with Crippen LogP contribution in [-0.2, 0) is 4.65 Å². The van der Waals surface area contributed by atoms with E-state index < -0.39 is 11.2 Å². The van der Waals surface area contributed by atoms with Crippen LogP contribution in [0.15, 0.2) is 95.4 Å². The number of aromatic nitrogens is 2. The highest BCUT2D eigenvalue weighted by molar-refractivity contribution is 7.26. The minimum Gasteiger partial charge on any atom is -0.456 e. The van der Waals surface area contributed by atoms with Crippen molar-refractivity contribution in [3.05, 3.63) is 91.0 Å². The molecule has 7 aromatic rings. The molecule has 0 saturated heterocycles. The molecule has 7 heteroatoms. The average Bonchev–Trinajstić information content (AvgIpc) is 3.53. The summed E-state index contributed by atoms with van der Waals surface area (Å²) in [6.45, 7) is 7.34. The van der Waals surface area contributed by atoms with Crippen LogP contribution >= 0.6 is 11.3 Å². The van der Waals surface area contributed by atoms with Crippen LogP contribution in [0.4, 0.5) is 0 Å². The summed E-state index contributed by atoms with van der Waals surface area (Å²) in [6, 6.07) is 31.0. The van der Waals surface area contributed by atoms with E-state index in [9.17, 15) is 5.11 Å². The maximum Gasteiger partial charge on any atom is 0.309 e. The SMILES string of the molecule is CC(C)(O)C(C)(C)OBc1ccc2oc3cc(-c4nc(-c5ccccc5)c5sc6ccccc6c5n4)ccc3c2c1. The molecule has 3 heterocycles. The van der Waals surface area contributed by atoms with Gasteiger partial charge in [0.25, 0.3) is 0 Å². The zero-order chi connectivity index (χ0) is 28.4. The van der Waals surface area contributed by atoms with Gasteiger partial charge in [-0.05, 0) is 52.0 Å². The van der Waals surface area contributed by atoms with E-state index in [1.165, 1.54) is 4.70 Å². The van der Waals surface area contributed by atoms with Crippen LogP contribution < -0.4 is 5.46 Å². The molecule has 0 spiro atoms. The van der Waals surface area contributed by atoms with Crippen LogP contribution in [0.5, 0.6) is 0 Å². The van der Waals surface area contributed by atoms with Crippen molar-refractivity contribution < 1.29 is 14.2 Å². The summed E-state index contributed by atoms with van der Waals surface area (Å²) in [7, 11) is 0.391.